The number of amides is 1. The van der Waals surface area contributed by atoms with Gasteiger partial charge < -0.3 is 0 Å². The van der Waals surface area contributed by atoms with E-state index in [-0.39, 0.29) is 11.9 Å². The van der Waals surface area contributed by atoms with Crippen LogP contribution in [0.1, 0.15) is 10.4 Å². The second kappa shape index (κ2) is 6.07. The Morgan fingerprint density at radius 2 is 2.08 bits per heavy atom. The lowest BCUT2D eigenvalue weighted by molar-refractivity contribution is 0.102. The number of hydrogen-bond acceptors (Lipinski definition) is 4. The molecule has 24 heavy (non-hydrogen) atoms. The van der Waals surface area contributed by atoms with Gasteiger partial charge in [0, 0.05) is 21.7 Å². The topological polar surface area (TPSA) is 59.3 Å². The van der Waals surface area contributed by atoms with E-state index in [2.05, 4.69) is 21.5 Å². The van der Waals surface area contributed by atoms with E-state index in [1.54, 1.807) is 40.1 Å². The first-order valence-corrected chi connectivity index (χ1v) is 8.42. The standard InChI is InChI=1S/C17H11ClN4OS/c18-13-4-1-3-12(9-13)16(23)20-17-19-15-10-11(6-7-22(15)21-17)14-5-2-8-24-14/h1-10H,(H,20,21,23). The van der Waals surface area contributed by atoms with Crippen molar-refractivity contribution in [3.8, 4) is 10.4 Å². The number of anilines is 1. The van der Waals surface area contributed by atoms with Gasteiger partial charge in [-0.15, -0.1) is 16.4 Å². The molecule has 4 aromatic rings. The lowest BCUT2D eigenvalue weighted by Crippen LogP contribution is -2.12. The first-order valence-electron chi connectivity index (χ1n) is 7.16. The van der Waals surface area contributed by atoms with E-state index < -0.39 is 0 Å². The Labute approximate surface area is 146 Å². The molecule has 0 saturated carbocycles. The van der Waals surface area contributed by atoms with Crippen LogP contribution in [-0.4, -0.2) is 20.5 Å². The van der Waals surface area contributed by atoms with Gasteiger partial charge in [0.1, 0.15) is 0 Å². The highest BCUT2D eigenvalue weighted by Gasteiger charge is 2.11. The van der Waals surface area contributed by atoms with Crippen LogP contribution in [0.2, 0.25) is 5.02 Å². The first-order chi connectivity index (χ1) is 11.7. The number of hydrogen-bond donors (Lipinski definition) is 1. The fourth-order valence-corrected chi connectivity index (χ4v) is 3.25. The average Bonchev–Trinajstić information content (AvgIpc) is 3.23. The minimum Gasteiger partial charge on any atom is -0.289 e. The largest absolute Gasteiger partial charge is 0.289 e. The Morgan fingerprint density at radius 3 is 2.88 bits per heavy atom. The third-order valence-electron chi connectivity index (χ3n) is 3.46. The fourth-order valence-electron chi connectivity index (χ4n) is 2.33. The van der Waals surface area contributed by atoms with Crippen LogP contribution in [0.5, 0.6) is 0 Å². The first kappa shape index (κ1) is 14.9. The molecular weight excluding hydrogens is 344 g/mol. The van der Waals surface area contributed by atoms with Gasteiger partial charge in [0.2, 0.25) is 5.95 Å². The highest BCUT2D eigenvalue weighted by molar-refractivity contribution is 7.13. The predicted molar refractivity (Wildman–Crippen MR) is 95.7 cm³/mol. The Kier molecular flexibility index (Phi) is 3.76. The predicted octanol–water partition coefficient (Wildman–Crippen LogP) is 4.36. The molecule has 5 nitrogen and oxygen atoms in total. The summed E-state index contributed by atoms with van der Waals surface area (Å²) in [5.74, 6) is -0.0461. The molecule has 118 valence electrons. The molecule has 0 spiro atoms. The van der Waals surface area contributed by atoms with Gasteiger partial charge in [0.05, 0.1) is 0 Å². The minimum absolute atomic E-state index is 0.253. The number of halogens is 1. The number of benzene rings is 1. The van der Waals surface area contributed by atoms with Gasteiger partial charge in [-0.1, -0.05) is 23.7 Å². The van der Waals surface area contributed by atoms with E-state index in [9.17, 15) is 4.79 Å². The summed E-state index contributed by atoms with van der Waals surface area (Å²) in [5, 5.41) is 9.49. The number of nitrogens with zero attached hydrogens (tertiary/aromatic N) is 3. The number of rotatable bonds is 3. The second-order valence-corrected chi connectivity index (χ2v) is 6.48. The molecule has 0 aliphatic rings. The summed E-state index contributed by atoms with van der Waals surface area (Å²) in [4.78, 5) is 17.8. The summed E-state index contributed by atoms with van der Waals surface area (Å²) in [6.07, 6.45) is 1.83. The number of carbonyl (C=O) groups excluding carboxylic acids is 1. The zero-order valence-corrected chi connectivity index (χ0v) is 13.9. The summed E-state index contributed by atoms with van der Waals surface area (Å²) in [5.41, 5.74) is 2.19. The molecular formula is C17H11ClN4OS. The minimum atomic E-state index is -0.299. The average molecular weight is 355 g/mol. The van der Waals surface area contributed by atoms with Gasteiger partial charge in [0.25, 0.3) is 5.91 Å². The number of nitrogens with one attached hydrogen (secondary N) is 1. The van der Waals surface area contributed by atoms with E-state index in [0.717, 1.165) is 10.4 Å². The molecule has 1 N–H and O–H groups in total. The smallest absolute Gasteiger partial charge is 0.258 e. The third-order valence-corrected chi connectivity index (χ3v) is 4.61. The normalized spacial score (nSPS) is 10.9. The van der Waals surface area contributed by atoms with Gasteiger partial charge >= 0.3 is 0 Å². The maximum absolute atomic E-state index is 12.2. The lowest BCUT2D eigenvalue weighted by Gasteiger charge is -2.00. The quantitative estimate of drug-likeness (QED) is 0.594. The number of thiophene rings is 1. The summed E-state index contributed by atoms with van der Waals surface area (Å²) >= 11 is 7.57. The molecule has 0 atom stereocenters. The van der Waals surface area contributed by atoms with Crippen LogP contribution in [0, 0.1) is 0 Å². The van der Waals surface area contributed by atoms with Crippen molar-refractivity contribution >= 4 is 40.4 Å². The van der Waals surface area contributed by atoms with Crippen LogP contribution in [0.3, 0.4) is 0 Å². The van der Waals surface area contributed by atoms with Crippen molar-refractivity contribution in [2.45, 2.75) is 0 Å². The van der Waals surface area contributed by atoms with Crippen molar-refractivity contribution in [2.75, 3.05) is 5.32 Å². The zero-order valence-electron chi connectivity index (χ0n) is 12.3. The molecule has 4 rings (SSSR count). The number of aromatic nitrogens is 3. The van der Waals surface area contributed by atoms with Crippen LogP contribution < -0.4 is 5.32 Å². The van der Waals surface area contributed by atoms with Gasteiger partial charge in [-0.25, -0.2) is 4.52 Å². The van der Waals surface area contributed by atoms with E-state index >= 15 is 0 Å². The van der Waals surface area contributed by atoms with Crippen molar-refractivity contribution in [3.05, 3.63) is 70.7 Å². The lowest BCUT2D eigenvalue weighted by atomic mass is 10.2. The van der Waals surface area contributed by atoms with Crippen molar-refractivity contribution in [1.29, 1.82) is 0 Å². The maximum Gasteiger partial charge on any atom is 0.258 e. The molecule has 0 bridgehead atoms. The molecule has 3 aromatic heterocycles. The third kappa shape index (κ3) is 2.89. The molecule has 1 amide bonds. The summed E-state index contributed by atoms with van der Waals surface area (Å²) in [6, 6.07) is 14.7. The van der Waals surface area contributed by atoms with Gasteiger partial charge in [0.15, 0.2) is 5.65 Å². The van der Waals surface area contributed by atoms with Crippen LogP contribution in [0.4, 0.5) is 5.95 Å². The molecule has 1 aromatic carbocycles. The van der Waals surface area contributed by atoms with Crippen LogP contribution >= 0.6 is 22.9 Å². The summed E-state index contributed by atoms with van der Waals surface area (Å²) < 4.78 is 1.63. The molecule has 0 unspecified atom stereocenters. The highest BCUT2D eigenvalue weighted by atomic mass is 35.5. The van der Waals surface area contributed by atoms with Gasteiger partial charge in [-0.05, 0) is 47.3 Å². The Morgan fingerprint density at radius 1 is 1.17 bits per heavy atom. The van der Waals surface area contributed by atoms with Crippen LogP contribution in [0.15, 0.2) is 60.1 Å². The second-order valence-electron chi connectivity index (χ2n) is 5.10. The zero-order chi connectivity index (χ0) is 16.5. The molecule has 0 fully saturated rings. The Balaban J connectivity index is 1.62. The molecule has 3 heterocycles. The van der Waals surface area contributed by atoms with Crippen molar-refractivity contribution in [2.24, 2.45) is 0 Å². The van der Waals surface area contributed by atoms with E-state index in [4.69, 9.17) is 11.6 Å². The monoisotopic (exact) mass is 354 g/mol. The van der Waals surface area contributed by atoms with Crippen molar-refractivity contribution in [3.63, 3.8) is 0 Å². The molecule has 0 aliphatic carbocycles. The SMILES string of the molecule is O=C(Nc1nc2cc(-c3cccs3)ccn2n1)c1cccc(Cl)c1. The highest BCUT2D eigenvalue weighted by Crippen LogP contribution is 2.25. The number of fused-ring (bicyclic) bond motifs is 1. The number of pyridine rings is 1. The molecule has 0 aliphatic heterocycles. The molecule has 0 saturated heterocycles. The molecule has 0 radical (unpaired) electrons. The van der Waals surface area contributed by atoms with Crippen molar-refractivity contribution < 1.29 is 4.79 Å². The van der Waals surface area contributed by atoms with E-state index in [1.165, 1.54) is 0 Å². The summed E-state index contributed by atoms with van der Waals surface area (Å²) in [7, 11) is 0. The molecule has 7 heteroatoms. The van der Waals surface area contributed by atoms with Gasteiger partial charge in [-0.2, -0.15) is 4.98 Å². The summed E-state index contributed by atoms with van der Waals surface area (Å²) in [6.45, 7) is 0. The maximum atomic E-state index is 12.2. The Bertz CT molecular complexity index is 1030. The van der Waals surface area contributed by atoms with E-state index in [0.29, 0.717) is 16.2 Å². The van der Waals surface area contributed by atoms with Crippen molar-refractivity contribution in [1.82, 2.24) is 14.6 Å². The van der Waals surface area contributed by atoms with Crippen LogP contribution in [-0.2, 0) is 0 Å². The van der Waals surface area contributed by atoms with E-state index in [1.807, 2.05) is 29.8 Å². The number of carbonyl (C=O) groups is 1. The van der Waals surface area contributed by atoms with Crippen LogP contribution in [0.25, 0.3) is 16.1 Å². The fraction of sp³-hybridized carbons (Fsp3) is 0. The Hall–Kier alpha value is -2.70. The van der Waals surface area contributed by atoms with Gasteiger partial charge in [-0.3, -0.25) is 10.1 Å².